The zero-order chi connectivity index (χ0) is 14.4. The largest absolute Gasteiger partial charge is 0.341 e. The minimum Gasteiger partial charge on any atom is -0.341 e. The lowest BCUT2D eigenvalue weighted by Crippen LogP contribution is -2.43. The molecule has 0 aromatic heterocycles. The van der Waals surface area contributed by atoms with Gasteiger partial charge in [-0.15, -0.1) is 0 Å². The molecule has 1 aromatic carbocycles. The highest BCUT2D eigenvalue weighted by Crippen LogP contribution is 2.26. The summed E-state index contributed by atoms with van der Waals surface area (Å²) in [5, 5.41) is 0. The van der Waals surface area contributed by atoms with Crippen LogP contribution in [0.5, 0.6) is 0 Å². The van der Waals surface area contributed by atoms with Crippen molar-refractivity contribution < 1.29 is 4.79 Å². The van der Waals surface area contributed by atoms with Crippen LogP contribution in [0.25, 0.3) is 0 Å². The number of carbonyl (C=O) groups is 1. The topological polar surface area (TPSA) is 46.3 Å². The second-order valence-electron chi connectivity index (χ2n) is 5.78. The van der Waals surface area contributed by atoms with Gasteiger partial charge in [0.25, 0.3) is 0 Å². The van der Waals surface area contributed by atoms with Crippen LogP contribution >= 0.6 is 0 Å². The number of amides is 1. The van der Waals surface area contributed by atoms with Crippen LogP contribution in [0.15, 0.2) is 30.3 Å². The molecule has 2 atom stereocenters. The van der Waals surface area contributed by atoms with Crippen molar-refractivity contribution in [2.75, 3.05) is 13.1 Å². The summed E-state index contributed by atoms with van der Waals surface area (Å²) in [6.07, 6.45) is 5.23. The van der Waals surface area contributed by atoms with E-state index in [9.17, 15) is 4.79 Å². The Morgan fingerprint density at radius 1 is 1.20 bits per heavy atom. The SMILES string of the molecule is CCCCCN1C[C@H](c2ccccc2)CC[C@@H](N)C1=O. The Kier molecular flexibility index (Phi) is 5.60. The second-order valence-corrected chi connectivity index (χ2v) is 5.78. The molecule has 1 saturated heterocycles. The molecule has 0 aliphatic carbocycles. The lowest BCUT2D eigenvalue weighted by molar-refractivity contribution is -0.132. The normalized spacial score (nSPS) is 23.7. The Labute approximate surface area is 122 Å². The number of rotatable bonds is 5. The van der Waals surface area contributed by atoms with Crippen molar-refractivity contribution in [1.82, 2.24) is 4.90 Å². The van der Waals surface area contributed by atoms with E-state index in [1.165, 1.54) is 18.4 Å². The maximum atomic E-state index is 12.3. The van der Waals surface area contributed by atoms with Gasteiger partial charge in [-0.25, -0.2) is 0 Å². The molecule has 0 saturated carbocycles. The Morgan fingerprint density at radius 3 is 2.65 bits per heavy atom. The monoisotopic (exact) mass is 274 g/mol. The van der Waals surface area contributed by atoms with Crippen molar-refractivity contribution in [3.05, 3.63) is 35.9 Å². The molecule has 1 aliphatic heterocycles. The lowest BCUT2D eigenvalue weighted by atomic mass is 9.94. The van der Waals surface area contributed by atoms with Gasteiger partial charge in [-0.2, -0.15) is 0 Å². The van der Waals surface area contributed by atoms with E-state index >= 15 is 0 Å². The second kappa shape index (κ2) is 7.44. The van der Waals surface area contributed by atoms with Crippen LogP contribution in [0.1, 0.15) is 50.5 Å². The fourth-order valence-corrected chi connectivity index (χ4v) is 2.94. The third kappa shape index (κ3) is 3.83. The molecule has 1 fully saturated rings. The van der Waals surface area contributed by atoms with Gasteiger partial charge in [-0.1, -0.05) is 50.1 Å². The quantitative estimate of drug-likeness (QED) is 0.839. The van der Waals surface area contributed by atoms with Crippen molar-refractivity contribution in [3.8, 4) is 0 Å². The average Bonchev–Trinajstić information content (AvgIpc) is 2.62. The molecule has 1 amide bonds. The first-order chi connectivity index (χ1) is 9.72. The number of likely N-dealkylation sites (tertiary alicyclic amines) is 1. The number of hydrogen-bond donors (Lipinski definition) is 1. The molecular formula is C17H26N2O. The minimum absolute atomic E-state index is 0.138. The van der Waals surface area contributed by atoms with Gasteiger partial charge in [0.2, 0.25) is 5.91 Å². The van der Waals surface area contributed by atoms with Gasteiger partial charge in [-0.05, 0) is 24.8 Å². The highest BCUT2D eigenvalue weighted by molar-refractivity contribution is 5.82. The number of nitrogens with two attached hydrogens (primary N) is 1. The van der Waals surface area contributed by atoms with Crippen LogP contribution in [0.3, 0.4) is 0 Å². The summed E-state index contributed by atoms with van der Waals surface area (Å²) in [7, 11) is 0. The molecule has 1 aromatic rings. The average molecular weight is 274 g/mol. The molecule has 2 rings (SSSR count). The molecule has 0 radical (unpaired) electrons. The number of hydrogen-bond acceptors (Lipinski definition) is 2. The lowest BCUT2D eigenvalue weighted by Gasteiger charge is -2.25. The molecule has 2 N–H and O–H groups in total. The summed E-state index contributed by atoms with van der Waals surface area (Å²) in [5.74, 6) is 0.565. The zero-order valence-corrected chi connectivity index (χ0v) is 12.4. The Morgan fingerprint density at radius 2 is 1.95 bits per heavy atom. The summed E-state index contributed by atoms with van der Waals surface area (Å²) >= 11 is 0. The molecule has 1 aliphatic rings. The van der Waals surface area contributed by atoms with Crippen LogP contribution in [-0.2, 0) is 4.79 Å². The number of unbranched alkanes of at least 4 members (excludes halogenated alkanes) is 2. The molecular weight excluding hydrogens is 248 g/mol. The van der Waals surface area contributed by atoms with Crippen LogP contribution in [-0.4, -0.2) is 29.9 Å². The van der Waals surface area contributed by atoms with Gasteiger partial charge in [0.1, 0.15) is 0 Å². The van der Waals surface area contributed by atoms with Gasteiger partial charge in [0.05, 0.1) is 6.04 Å². The first-order valence-corrected chi connectivity index (χ1v) is 7.81. The van der Waals surface area contributed by atoms with Crippen molar-refractivity contribution in [3.63, 3.8) is 0 Å². The van der Waals surface area contributed by atoms with Gasteiger partial charge in [-0.3, -0.25) is 4.79 Å². The fourth-order valence-electron chi connectivity index (χ4n) is 2.94. The van der Waals surface area contributed by atoms with E-state index in [2.05, 4.69) is 31.2 Å². The summed E-state index contributed by atoms with van der Waals surface area (Å²) in [4.78, 5) is 14.3. The number of carbonyl (C=O) groups excluding carboxylic acids is 1. The summed E-state index contributed by atoms with van der Waals surface area (Å²) in [6.45, 7) is 3.85. The van der Waals surface area contributed by atoms with Gasteiger partial charge in [0.15, 0.2) is 0 Å². The summed E-state index contributed by atoms with van der Waals surface area (Å²) in [5.41, 5.74) is 7.35. The molecule has 0 unspecified atom stereocenters. The van der Waals surface area contributed by atoms with Crippen LogP contribution in [0.2, 0.25) is 0 Å². The highest BCUT2D eigenvalue weighted by Gasteiger charge is 2.28. The number of nitrogens with zero attached hydrogens (tertiary/aromatic N) is 1. The Bertz CT molecular complexity index is 418. The molecule has 3 nitrogen and oxygen atoms in total. The maximum Gasteiger partial charge on any atom is 0.239 e. The first kappa shape index (κ1) is 15.0. The third-order valence-corrected chi connectivity index (χ3v) is 4.20. The van der Waals surface area contributed by atoms with Gasteiger partial charge < -0.3 is 10.6 Å². The van der Waals surface area contributed by atoms with E-state index in [-0.39, 0.29) is 11.9 Å². The summed E-state index contributed by atoms with van der Waals surface area (Å²) < 4.78 is 0. The van der Waals surface area contributed by atoms with E-state index in [0.717, 1.165) is 32.4 Å². The van der Waals surface area contributed by atoms with Gasteiger partial charge in [0, 0.05) is 19.0 Å². The molecule has 110 valence electrons. The van der Waals surface area contributed by atoms with E-state index in [0.29, 0.717) is 5.92 Å². The van der Waals surface area contributed by atoms with E-state index in [1.807, 2.05) is 11.0 Å². The van der Waals surface area contributed by atoms with E-state index < -0.39 is 0 Å². The van der Waals surface area contributed by atoms with Crippen molar-refractivity contribution in [2.24, 2.45) is 5.73 Å². The highest BCUT2D eigenvalue weighted by atomic mass is 16.2. The van der Waals surface area contributed by atoms with Crippen LogP contribution in [0, 0.1) is 0 Å². The Balaban J connectivity index is 2.06. The molecule has 3 heteroatoms. The number of benzene rings is 1. The van der Waals surface area contributed by atoms with E-state index in [1.54, 1.807) is 0 Å². The standard InChI is InChI=1S/C17H26N2O/c1-2-3-7-12-19-13-15(10-11-16(18)17(19)20)14-8-5-4-6-9-14/h4-6,8-9,15-16H,2-3,7,10-13,18H2,1H3/t15-,16-/m1/s1. The molecule has 20 heavy (non-hydrogen) atoms. The first-order valence-electron chi connectivity index (χ1n) is 7.81. The Hall–Kier alpha value is -1.35. The van der Waals surface area contributed by atoms with Crippen LogP contribution in [0.4, 0.5) is 0 Å². The molecule has 0 bridgehead atoms. The fraction of sp³-hybridized carbons (Fsp3) is 0.588. The predicted octanol–water partition coefficient (Wildman–Crippen LogP) is 2.91. The van der Waals surface area contributed by atoms with Crippen molar-refractivity contribution >= 4 is 5.91 Å². The van der Waals surface area contributed by atoms with Crippen LogP contribution < -0.4 is 5.73 Å². The minimum atomic E-state index is -0.315. The van der Waals surface area contributed by atoms with E-state index in [4.69, 9.17) is 5.73 Å². The smallest absolute Gasteiger partial charge is 0.239 e. The third-order valence-electron chi connectivity index (χ3n) is 4.20. The van der Waals surface area contributed by atoms with Crippen molar-refractivity contribution in [2.45, 2.75) is 51.0 Å². The molecule has 1 heterocycles. The molecule has 0 spiro atoms. The maximum absolute atomic E-state index is 12.3. The zero-order valence-electron chi connectivity index (χ0n) is 12.4. The summed E-state index contributed by atoms with van der Waals surface area (Å²) in [6, 6.07) is 10.2. The predicted molar refractivity (Wildman–Crippen MR) is 82.5 cm³/mol. The van der Waals surface area contributed by atoms with Crippen molar-refractivity contribution in [1.29, 1.82) is 0 Å². The van der Waals surface area contributed by atoms with Gasteiger partial charge >= 0.3 is 0 Å².